The highest BCUT2D eigenvalue weighted by Crippen LogP contribution is 2.30. The Hall–Kier alpha value is -1.17. The number of nitrogens with one attached hydrogen (secondary N) is 1. The molecule has 4 nitrogen and oxygen atoms in total. The van der Waals surface area contributed by atoms with Gasteiger partial charge in [0.25, 0.3) is 5.91 Å². The fraction of sp³-hybridized carbons (Fsp3) is 0.0476. The number of halogens is 4. The van der Waals surface area contributed by atoms with Crippen molar-refractivity contribution in [3.8, 4) is 5.75 Å². The fourth-order valence-electron chi connectivity index (χ4n) is 2.43. The lowest BCUT2D eigenvalue weighted by molar-refractivity contribution is 0.0954. The van der Waals surface area contributed by atoms with E-state index in [2.05, 4.69) is 71.6 Å². The summed E-state index contributed by atoms with van der Waals surface area (Å²) in [6.45, 7) is 0.390. The molecule has 3 aromatic carbocycles. The molecular formula is C21H14BrClI2N2O2. The van der Waals surface area contributed by atoms with Gasteiger partial charge in [-0.05, 0) is 97.0 Å². The van der Waals surface area contributed by atoms with E-state index in [9.17, 15) is 4.79 Å². The lowest BCUT2D eigenvalue weighted by atomic mass is 10.2. The normalized spacial score (nSPS) is 10.9. The summed E-state index contributed by atoms with van der Waals surface area (Å²) in [6, 6.07) is 18.7. The third-order valence-corrected chi connectivity index (χ3v) is 6.51. The van der Waals surface area contributed by atoms with E-state index < -0.39 is 0 Å². The first-order valence-corrected chi connectivity index (χ1v) is 11.7. The maximum Gasteiger partial charge on any atom is 0.272 e. The molecular weight excluding hydrogens is 681 g/mol. The molecule has 0 saturated heterocycles. The van der Waals surface area contributed by atoms with Crippen LogP contribution < -0.4 is 10.2 Å². The molecule has 1 amide bonds. The average Bonchev–Trinajstić information content (AvgIpc) is 2.69. The second-order valence-corrected chi connectivity index (χ2v) is 9.46. The van der Waals surface area contributed by atoms with Gasteiger partial charge in [0.2, 0.25) is 0 Å². The molecule has 3 aromatic rings. The van der Waals surface area contributed by atoms with Crippen LogP contribution in [0.15, 0.2) is 70.2 Å². The van der Waals surface area contributed by atoms with Gasteiger partial charge < -0.3 is 4.74 Å². The van der Waals surface area contributed by atoms with Gasteiger partial charge in [-0.2, -0.15) is 5.10 Å². The molecule has 0 aromatic heterocycles. The van der Waals surface area contributed by atoms with Gasteiger partial charge in [-0.1, -0.05) is 41.9 Å². The van der Waals surface area contributed by atoms with E-state index in [4.69, 9.17) is 16.3 Å². The number of ether oxygens (including phenoxy) is 1. The van der Waals surface area contributed by atoms with Crippen LogP contribution in [0.5, 0.6) is 5.75 Å². The number of hydrogen-bond donors (Lipinski definition) is 1. The van der Waals surface area contributed by atoms with Crippen LogP contribution in [0, 0.1) is 7.14 Å². The van der Waals surface area contributed by atoms with Crippen molar-refractivity contribution in [2.24, 2.45) is 5.10 Å². The molecule has 0 heterocycles. The number of carbonyl (C=O) groups excluding carboxylic acids is 1. The van der Waals surface area contributed by atoms with Gasteiger partial charge in [-0.25, -0.2) is 5.43 Å². The third kappa shape index (κ3) is 6.16. The molecule has 0 spiro atoms. The number of hydrogen-bond acceptors (Lipinski definition) is 3. The Morgan fingerprint density at radius 1 is 1.10 bits per heavy atom. The molecule has 0 aliphatic heterocycles. The van der Waals surface area contributed by atoms with Crippen molar-refractivity contribution in [3.63, 3.8) is 0 Å². The van der Waals surface area contributed by atoms with E-state index >= 15 is 0 Å². The third-order valence-electron chi connectivity index (χ3n) is 3.85. The zero-order chi connectivity index (χ0) is 20.8. The van der Waals surface area contributed by atoms with Gasteiger partial charge in [-0.3, -0.25) is 4.79 Å². The lowest BCUT2D eigenvalue weighted by Gasteiger charge is -2.12. The van der Waals surface area contributed by atoms with E-state index in [-0.39, 0.29) is 5.91 Å². The summed E-state index contributed by atoms with van der Waals surface area (Å²) < 4.78 is 8.59. The number of carbonyl (C=O) groups is 1. The first-order valence-electron chi connectivity index (χ1n) is 8.39. The van der Waals surface area contributed by atoms with Crippen molar-refractivity contribution in [1.82, 2.24) is 5.43 Å². The Bertz CT molecular complexity index is 1050. The van der Waals surface area contributed by atoms with Crippen molar-refractivity contribution in [2.45, 2.75) is 6.61 Å². The quantitative estimate of drug-likeness (QED) is 0.178. The Labute approximate surface area is 209 Å². The smallest absolute Gasteiger partial charge is 0.272 e. The van der Waals surface area contributed by atoms with E-state index in [1.54, 1.807) is 18.3 Å². The molecule has 29 heavy (non-hydrogen) atoms. The van der Waals surface area contributed by atoms with Crippen LogP contribution in [0.25, 0.3) is 0 Å². The maximum absolute atomic E-state index is 12.2. The standard InChI is InChI=1S/C21H14BrClI2N2O2/c22-16-7-3-2-6-15(16)21(28)27-26-11-13-9-18(24)20(19(25)10-13)29-12-14-5-1-4-8-17(14)23/h1-11H,12H2,(H,27,28)/b26-11-. The number of hydrazone groups is 1. The minimum absolute atomic E-state index is 0.280. The first-order chi connectivity index (χ1) is 14.0. The predicted octanol–water partition coefficient (Wildman–Crippen LogP) is 6.65. The van der Waals surface area contributed by atoms with Gasteiger partial charge in [0.05, 0.1) is 18.9 Å². The number of rotatable bonds is 6. The van der Waals surface area contributed by atoms with E-state index in [1.165, 1.54) is 0 Å². The average molecular weight is 696 g/mol. The van der Waals surface area contributed by atoms with E-state index in [0.29, 0.717) is 17.2 Å². The molecule has 8 heteroatoms. The summed E-state index contributed by atoms with van der Waals surface area (Å²) in [7, 11) is 0. The van der Waals surface area contributed by atoms with E-state index in [1.807, 2.05) is 48.5 Å². The number of benzene rings is 3. The van der Waals surface area contributed by atoms with Crippen LogP contribution in [0.4, 0.5) is 0 Å². The Morgan fingerprint density at radius 2 is 1.76 bits per heavy atom. The van der Waals surface area contributed by atoms with E-state index in [0.717, 1.165) is 28.5 Å². The Kier molecular flexibility index (Phi) is 8.34. The summed E-state index contributed by atoms with van der Waals surface area (Å²) in [5.74, 6) is 0.512. The summed E-state index contributed by atoms with van der Waals surface area (Å²) in [4.78, 5) is 12.2. The summed E-state index contributed by atoms with van der Waals surface area (Å²) in [5.41, 5.74) is 4.86. The molecule has 0 aliphatic rings. The Balaban J connectivity index is 1.67. The zero-order valence-corrected chi connectivity index (χ0v) is 21.5. The van der Waals surface area contributed by atoms with Crippen LogP contribution in [0.1, 0.15) is 21.5 Å². The molecule has 148 valence electrons. The predicted molar refractivity (Wildman–Crippen MR) is 137 cm³/mol. The second kappa shape index (κ2) is 10.7. The topological polar surface area (TPSA) is 50.7 Å². The summed E-state index contributed by atoms with van der Waals surface area (Å²) in [5, 5.41) is 4.75. The van der Waals surface area contributed by atoms with Crippen LogP contribution >= 0.6 is 72.7 Å². The molecule has 0 aliphatic carbocycles. The van der Waals surface area contributed by atoms with Crippen LogP contribution in [-0.2, 0) is 6.61 Å². The number of amides is 1. The van der Waals surface area contributed by atoms with Crippen LogP contribution in [0.2, 0.25) is 5.02 Å². The lowest BCUT2D eigenvalue weighted by Crippen LogP contribution is -2.18. The highest BCUT2D eigenvalue weighted by atomic mass is 127. The monoisotopic (exact) mass is 694 g/mol. The summed E-state index contributed by atoms with van der Waals surface area (Å²) >= 11 is 14.0. The SMILES string of the molecule is O=C(N/N=C\c1cc(I)c(OCc2ccccc2Cl)c(I)c1)c1ccccc1Br. The van der Waals surface area contributed by atoms with Crippen molar-refractivity contribution < 1.29 is 9.53 Å². The minimum Gasteiger partial charge on any atom is -0.487 e. The van der Waals surface area contributed by atoms with Crippen molar-refractivity contribution in [3.05, 3.63) is 94.0 Å². The highest BCUT2D eigenvalue weighted by molar-refractivity contribution is 14.1. The Morgan fingerprint density at radius 3 is 2.45 bits per heavy atom. The molecule has 0 unspecified atom stereocenters. The zero-order valence-electron chi connectivity index (χ0n) is 14.8. The minimum atomic E-state index is -0.280. The molecule has 0 saturated carbocycles. The van der Waals surface area contributed by atoms with Gasteiger partial charge in [0.15, 0.2) is 0 Å². The molecule has 0 atom stereocenters. The second-order valence-electron chi connectivity index (χ2n) is 5.87. The van der Waals surface area contributed by atoms with Gasteiger partial charge in [0.1, 0.15) is 12.4 Å². The van der Waals surface area contributed by atoms with Crippen molar-refractivity contribution in [2.75, 3.05) is 0 Å². The number of nitrogens with zero attached hydrogens (tertiary/aromatic N) is 1. The molecule has 3 rings (SSSR count). The molecule has 0 radical (unpaired) electrons. The van der Waals surface area contributed by atoms with Gasteiger partial charge in [-0.15, -0.1) is 0 Å². The van der Waals surface area contributed by atoms with Crippen molar-refractivity contribution >= 4 is 84.8 Å². The summed E-state index contributed by atoms with van der Waals surface area (Å²) in [6.07, 6.45) is 1.61. The first kappa shape index (κ1) is 22.5. The fourth-order valence-corrected chi connectivity index (χ4v) is 5.21. The van der Waals surface area contributed by atoms with Gasteiger partial charge in [0, 0.05) is 15.1 Å². The largest absolute Gasteiger partial charge is 0.487 e. The molecule has 1 N–H and O–H groups in total. The van der Waals surface area contributed by atoms with Crippen LogP contribution in [0.3, 0.4) is 0 Å². The molecule has 0 bridgehead atoms. The van der Waals surface area contributed by atoms with Crippen molar-refractivity contribution in [1.29, 1.82) is 0 Å². The van der Waals surface area contributed by atoms with Gasteiger partial charge >= 0.3 is 0 Å². The maximum atomic E-state index is 12.2. The molecule has 0 fully saturated rings. The van der Waals surface area contributed by atoms with Crippen LogP contribution in [-0.4, -0.2) is 12.1 Å². The highest BCUT2D eigenvalue weighted by Gasteiger charge is 2.11.